The standard InChI is InChI=1S/C13H21N5O3/c1-2-6-14-11-10(18(20)21)12(17-9-16-11)15-8-13(3-4-13)5-7-19/h9,19H,2-8H2,1H3,(H2,14,15,16,17). The first-order valence-electron chi connectivity index (χ1n) is 7.20. The average molecular weight is 295 g/mol. The van der Waals surface area contributed by atoms with Gasteiger partial charge in [0, 0.05) is 19.7 Å². The van der Waals surface area contributed by atoms with E-state index in [0.717, 1.165) is 19.3 Å². The van der Waals surface area contributed by atoms with Gasteiger partial charge in [-0.2, -0.15) is 0 Å². The number of hydrogen-bond acceptors (Lipinski definition) is 7. The molecule has 2 rings (SSSR count). The van der Waals surface area contributed by atoms with Gasteiger partial charge >= 0.3 is 5.69 Å². The van der Waals surface area contributed by atoms with Crippen molar-refractivity contribution in [1.82, 2.24) is 9.97 Å². The van der Waals surface area contributed by atoms with E-state index in [1.54, 1.807) is 0 Å². The zero-order valence-electron chi connectivity index (χ0n) is 12.1. The van der Waals surface area contributed by atoms with Crippen LogP contribution in [0.1, 0.15) is 32.6 Å². The van der Waals surface area contributed by atoms with Crippen molar-refractivity contribution in [2.75, 3.05) is 30.3 Å². The van der Waals surface area contributed by atoms with Gasteiger partial charge in [-0.25, -0.2) is 9.97 Å². The number of rotatable bonds is 9. The van der Waals surface area contributed by atoms with E-state index in [-0.39, 0.29) is 29.3 Å². The summed E-state index contributed by atoms with van der Waals surface area (Å²) in [6, 6.07) is 0. The van der Waals surface area contributed by atoms with Crippen molar-refractivity contribution in [3.05, 3.63) is 16.4 Å². The van der Waals surface area contributed by atoms with E-state index in [2.05, 4.69) is 20.6 Å². The first-order chi connectivity index (χ1) is 10.1. The van der Waals surface area contributed by atoms with Crippen LogP contribution in [0.25, 0.3) is 0 Å². The van der Waals surface area contributed by atoms with Gasteiger partial charge in [-0.3, -0.25) is 10.1 Å². The molecule has 1 aromatic rings. The van der Waals surface area contributed by atoms with Gasteiger partial charge in [-0.05, 0) is 31.1 Å². The number of anilines is 2. The predicted molar refractivity (Wildman–Crippen MR) is 79.3 cm³/mol. The minimum absolute atomic E-state index is 0.0601. The molecule has 0 spiro atoms. The fraction of sp³-hybridized carbons (Fsp3) is 0.692. The number of nitrogens with zero attached hydrogens (tertiary/aromatic N) is 3. The second-order valence-electron chi connectivity index (χ2n) is 5.43. The summed E-state index contributed by atoms with van der Waals surface area (Å²) in [6.45, 7) is 3.31. The summed E-state index contributed by atoms with van der Waals surface area (Å²) in [6.07, 6.45) is 4.93. The Kier molecular flexibility index (Phi) is 4.89. The first-order valence-corrected chi connectivity index (χ1v) is 7.20. The molecule has 0 saturated heterocycles. The van der Waals surface area contributed by atoms with Crippen LogP contribution < -0.4 is 10.6 Å². The maximum absolute atomic E-state index is 11.3. The lowest BCUT2D eigenvalue weighted by molar-refractivity contribution is -0.383. The monoisotopic (exact) mass is 295 g/mol. The highest BCUT2D eigenvalue weighted by molar-refractivity contribution is 5.69. The highest BCUT2D eigenvalue weighted by Gasteiger charge is 2.42. The maximum Gasteiger partial charge on any atom is 0.353 e. The molecule has 8 nitrogen and oxygen atoms in total. The average Bonchev–Trinajstić information content (AvgIpc) is 3.23. The van der Waals surface area contributed by atoms with Gasteiger partial charge in [0.1, 0.15) is 6.33 Å². The van der Waals surface area contributed by atoms with Crippen LogP contribution in [0.5, 0.6) is 0 Å². The molecular weight excluding hydrogens is 274 g/mol. The minimum Gasteiger partial charge on any atom is -0.396 e. The molecule has 0 aliphatic heterocycles. The Morgan fingerprint density at radius 3 is 2.57 bits per heavy atom. The van der Waals surface area contributed by atoms with Crippen LogP contribution >= 0.6 is 0 Å². The summed E-state index contributed by atoms with van der Waals surface area (Å²) in [5, 5.41) is 26.3. The molecule has 0 aromatic carbocycles. The lowest BCUT2D eigenvalue weighted by Crippen LogP contribution is -2.19. The van der Waals surface area contributed by atoms with Crippen LogP contribution in [-0.4, -0.2) is 39.7 Å². The van der Waals surface area contributed by atoms with Crippen LogP contribution in [-0.2, 0) is 0 Å². The Bertz CT molecular complexity index is 505. The third kappa shape index (κ3) is 3.78. The number of aromatic nitrogens is 2. The summed E-state index contributed by atoms with van der Waals surface area (Å²) in [4.78, 5) is 18.8. The molecule has 21 heavy (non-hydrogen) atoms. The van der Waals surface area contributed by atoms with Crippen molar-refractivity contribution in [2.24, 2.45) is 5.41 Å². The van der Waals surface area contributed by atoms with Crippen LogP contribution in [0.3, 0.4) is 0 Å². The minimum atomic E-state index is -0.466. The third-order valence-electron chi connectivity index (χ3n) is 3.78. The Morgan fingerprint density at radius 1 is 1.38 bits per heavy atom. The van der Waals surface area contributed by atoms with E-state index >= 15 is 0 Å². The molecule has 0 atom stereocenters. The van der Waals surface area contributed by atoms with E-state index in [1.165, 1.54) is 6.33 Å². The van der Waals surface area contributed by atoms with Crippen LogP contribution in [0, 0.1) is 15.5 Å². The summed E-state index contributed by atoms with van der Waals surface area (Å²) in [5.41, 5.74) is -0.0596. The molecule has 0 bridgehead atoms. The Balaban J connectivity index is 2.12. The van der Waals surface area contributed by atoms with Crippen LogP contribution in [0.4, 0.5) is 17.3 Å². The number of nitro groups is 1. The smallest absolute Gasteiger partial charge is 0.353 e. The number of nitrogens with one attached hydrogen (secondary N) is 2. The molecule has 1 saturated carbocycles. The Hall–Kier alpha value is -1.96. The molecule has 0 unspecified atom stereocenters. The fourth-order valence-corrected chi connectivity index (χ4v) is 2.25. The molecular formula is C13H21N5O3. The zero-order chi connectivity index (χ0) is 15.3. The number of aliphatic hydroxyl groups excluding tert-OH is 1. The van der Waals surface area contributed by atoms with E-state index in [4.69, 9.17) is 5.11 Å². The lowest BCUT2D eigenvalue weighted by Gasteiger charge is -2.15. The van der Waals surface area contributed by atoms with Crippen LogP contribution in [0.15, 0.2) is 6.33 Å². The first kappa shape index (κ1) is 15.4. The topological polar surface area (TPSA) is 113 Å². The van der Waals surface area contributed by atoms with Gasteiger partial charge in [0.25, 0.3) is 0 Å². The Labute approximate surface area is 123 Å². The fourth-order valence-electron chi connectivity index (χ4n) is 2.25. The largest absolute Gasteiger partial charge is 0.396 e. The second kappa shape index (κ2) is 6.66. The molecule has 0 amide bonds. The Morgan fingerprint density at radius 2 is 2.05 bits per heavy atom. The molecule has 1 aliphatic carbocycles. The van der Waals surface area contributed by atoms with Crippen molar-refractivity contribution in [1.29, 1.82) is 0 Å². The van der Waals surface area contributed by atoms with Gasteiger partial charge < -0.3 is 15.7 Å². The van der Waals surface area contributed by atoms with Crippen molar-refractivity contribution in [2.45, 2.75) is 32.6 Å². The second-order valence-corrected chi connectivity index (χ2v) is 5.43. The highest BCUT2D eigenvalue weighted by atomic mass is 16.6. The lowest BCUT2D eigenvalue weighted by atomic mass is 10.0. The SMILES string of the molecule is CCCNc1ncnc(NCC2(CCO)CC2)c1[N+](=O)[O-]. The van der Waals surface area contributed by atoms with Gasteiger partial charge in [0.05, 0.1) is 4.92 Å². The highest BCUT2D eigenvalue weighted by Crippen LogP contribution is 2.48. The maximum atomic E-state index is 11.3. The quantitative estimate of drug-likeness (QED) is 0.470. The summed E-state index contributed by atoms with van der Waals surface area (Å²) in [7, 11) is 0. The predicted octanol–water partition coefficient (Wildman–Crippen LogP) is 1.78. The van der Waals surface area contributed by atoms with Crippen molar-refractivity contribution >= 4 is 17.3 Å². The molecule has 8 heteroatoms. The molecule has 1 fully saturated rings. The van der Waals surface area contributed by atoms with E-state index in [9.17, 15) is 10.1 Å². The molecule has 1 aromatic heterocycles. The van der Waals surface area contributed by atoms with Gasteiger partial charge in [0.15, 0.2) is 0 Å². The molecule has 3 N–H and O–H groups in total. The normalized spacial score (nSPS) is 15.5. The van der Waals surface area contributed by atoms with Gasteiger partial charge in [0.2, 0.25) is 11.6 Å². The molecule has 0 radical (unpaired) electrons. The van der Waals surface area contributed by atoms with Crippen molar-refractivity contribution < 1.29 is 10.0 Å². The van der Waals surface area contributed by atoms with E-state index in [1.807, 2.05) is 6.92 Å². The van der Waals surface area contributed by atoms with Gasteiger partial charge in [-0.15, -0.1) is 0 Å². The third-order valence-corrected chi connectivity index (χ3v) is 3.78. The van der Waals surface area contributed by atoms with Crippen molar-refractivity contribution in [3.8, 4) is 0 Å². The van der Waals surface area contributed by atoms with Gasteiger partial charge in [-0.1, -0.05) is 6.92 Å². The molecule has 116 valence electrons. The van der Waals surface area contributed by atoms with E-state index in [0.29, 0.717) is 19.5 Å². The number of aliphatic hydroxyl groups is 1. The molecule has 1 aliphatic rings. The summed E-state index contributed by atoms with van der Waals surface area (Å²) >= 11 is 0. The van der Waals surface area contributed by atoms with E-state index < -0.39 is 4.92 Å². The van der Waals surface area contributed by atoms with Crippen molar-refractivity contribution in [3.63, 3.8) is 0 Å². The summed E-state index contributed by atoms with van der Waals surface area (Å²) in [5.74, 6) is 0.476. The number of hydrogen-bond donors (Lipinski definition) is 3. The van der Waals surface area contributed by atoms with Crippen LogP contribution in [0.2, 0.25) is 0 Å². The summed E-state index contributed by atoms with van der Waals surface area (Å²) < 4.78 is 0. The zero-order valence-corrected chi connectivity index (χ0v) is 12.1. The molecule has 1 heterocycles.